The van der Waals surface area contributed by atoms with E-state index in [1.165, 1.54) is 43.2 Å². The topological polar surface area (TPSA) is 46.1 Å². The van der Waals surface area contributed by atoms with Crippen LogP contribution in [0.25, 0.3) is 22.3 Å². The highest BCUT2D eigenvalue weighted by molar-refractivity contribution is 8.00. The lowest BCUT2D eigenvalue weighted by Crippen LogP contribution is -2.39. The molecule has 0 spiro atoms. The van der Waals surface area contributed by atoms with Gasteiger partial charge in [0.05, 0.1) is 11.3 Å². The molecule has 0 radical (unpaired) electrons. The molecule has 1 saturated carbocycles. The highest BCUT2D eigenvalue weighted by Gasteiger charge is 2.22. The molecule has 3 aromatic rings. The summed E-state index contributed by atoms with van der Waals surface area (Å²) in [5.74, 6) is 0.622. The second-order valence-electron chi connectivity index (χ2n) is 7.47. The van der Waals surface area contributed by atoms with Crippen molar-refractivity contribution in [3.05, 3.63) is 54.3 Å². The van der Waals surface area contributed by atoms with Crippen molar-refractivity contribution in [3.8, 4) is 11.4 Å². The first-order valence-corrected chi connectivity index (χ1v) is 11.0. The highest BCUT2D eigenvalue weighted by atomic mass is 32.2. The number of halogens is 1. The van der Waals surface area contributed by atoms with Gasteiger partial charge in [0.15, 0.2) is 5.82 Å². The third-order valence-corrected chi connectivity index (χ3v) is 6.48. The molecular weight excluding hydrogens is 385 g/mol. The van der Waals surface area contributed by atoms with E-state index >= 15 is 0 Å². The molecule has 0 unspecified atom stereocenters. The number of carbonyl (C=O) groups excluding carboxylic acids is 1. The lowest BCUT2D eigenvalue weighted by atomic mass is 9.94. The van der Waals surface area contributed by atoms with Gasteiger partial charge in [0.2, 0.25) is 5.91 Å². The second kappa shape index (κ2) is 8.91. The molecule has 150 valence electrons. The summed E-state index contributed by atoms with van der Waals surface area (Å²) in [4.78, 5) is 23.9. The molecule has 1 aliphatic carbocycles. The number of hydrogen-bond donors (Lipinski definition) is 0. The molecule has 2 aromatic carbocycles. The smallest absolute Gasteiger partial charge is 0.232 e. The second-order valence-corrected chi connectivity index (χ2v) is 8.43. The largest absolute Gasteiger partial charge is 0.342 e. The molecule has 1 heterocycles. The van der Waals surface area contributed by atoms with E-state index in [-0.39, 0.29) is 17.5 Å². The SMILES string of the molecule is CN(C(=O)CSc1nc(-c2ccccc2)nc2ccc(F)cc12)C1CCCCC1. The third kappa shape index (κ3) is 4.58. The van der Waals surface area contributed by atoms with Crippen molar-refractivity contribution >= 4 is 28.6 Å². The van der Waals surface area contributed by atoms with Gasteiger partial charge in [-0.1, -0.05) is 61.4 Å². The van der Waals surface area contributed by atoms with Crippen molar-refractivity contribution in [1.29, 1.82) is 0 Å². The van der Waals surface area contributed by atoms with Crippen LogP contribution in [0.2, 0.25) is 0 Å². The molecule has 1 amide bonds. The summed E-state index contributed by atoms with van der Waals surface area (Å²) >= 11 is 1.36. The standard InChI is InChI=1S/C23H24FN3OS/c1-27(18-10-6-3-7-11-18)21(28)15-29-23-19-14-17(24)12-13-20(19)25-22(26-23)16-8-4-2-5-9-16/h2,4-5,8-9,12-14,18H,3,6-7,10-11,15H2,1H3. The van der Waals surface area contributed by atoms with Gasteiger partial charge >= 0.3 is 0 Å². The first kappa shape index (κ1) is 19.8. The van der Waals surface area contributed by atoms with Crippen molar-refractivity contribution in [2.45, 2.75) is 43.2 Å². The Labute approximate surface area is 174 Å². The summed E-state index contributed by atoms with van der Waals surface area (Å²) in [5.41, 5.74) is 1.57. The molecule has 4 rings (SSSR count). The van der Waals surface area contributed by atoms with E-state index in [2.05, 4.69) is 9.97 Å². The quantitative estimate of drug-likeness (QED) is 0.423. The fourth-order valence-corrected chi connectivity index (χ4v) is 4.74. The van der Waals surface area contributed by atoms with Crippen LogP contribution in [0, 0.1) is 5.82 Å². The van der Waals surface area contributed by atoms with Crippen LogP contribution in [-0.2, 0) is 4.79 Å². The molecule has 0 aliphatic heterocycles. The van der Waals surface area contributed by atoms with Crippen LogP contribution in [0.3, 0.4) is 0 Å². The van der Waals surface area contributed by atoms with Gasteiger partial charge in [-0.2, -0.15) is 0 Å². The van der Waals surface area contributed by atoms with Gasteiger partial charge in [-0.05, 0) is 31.0 Å². The molecule has 6 heteroatoms. The van der Waals surface area contributed by atoms with E-state index in [1.54, 1.807) is 6.07 Å². The van der Waals surface area contributed by atoms with Crippen molar-refractivity contribution in [2.24, 2.45) is 0 Å². The predicted molar refractivity (Wildman–Crippen MR) is 115 cm³/mol. The van der Waals surface area contributed by atoms with Gasteiger partial charge in [0, 0.05) is 24.0 Å². The zero-order chi connectivity index (χ0) is 20.2. The van der Waals surface area contributed by atoms with Crippen LogP contribution in [0.5, 0.6) is 0 Å². The summed E-state index contributed by atoms with van der Waals surface area (Å²) in [6, 6.07) is 14.5. The number of benzene rings is 2. The third-order valence-electron chi connectivity index (χ3n) is 5.50. The number of carbonyl (C=O) groups is 1. The summed E-state index contributed by atoms with van der Waals surface area (Å²) in [6.07, 6.45) is 5.78. The minimum Gasteiger partial charge on any atom is -0.342 e. The summed E-state index contributed by atoms with van der Waals surface area (Å²) in [6.45, 7) is 0. The maximum Gasteiger partial charge on any atom is 0.232 e. The Hall–Kier alpha value is -2.47. The number of hydrogen-bond acceptors (Lipinski definition) is 4. The molecule has 0 atom stereocenters. The molecule has 1 fully saturated rings. The van der Waals surface area contributed by atoms with Gasteiger partial charge in [-0.3, -0.25) is 4.79 Å². The van der Waals surface area contributed by atoms with Crippen LogP contribution in [0.1, 0.15) is 32.1 Å². The summed E-state index contributed by atoms with van der Waals surface area (Å²) < 4.78 is 13.9. The number of amides is 1. The summed E-state index contributed by atoms with van der Waals surface area (Å²) in [7, 11) is 1.89. The van der Waals surface area contributed by atoms with Crippen LogP contribution in [0.4, 0.5) is 4.39 Å². The van der Waals surface area contributed by atoms with E-state index in [0.717, 1.165) is 18.4 Å². The minimum atomic E-state index is -0.332. The number of thioether (sulfide) groups is 1. The first-order valence-electron chi connectivity index (χ1n) is 10.0. The van der Waals surface area contributed by atoms with Crippen molar-refractivity contribution < 1.29 is 9.18 Å². The van der Waals surface area contributed by atoms with E-state index < -0.39 is 0 Å². The number of rotatable bonds is 5. The number of aromatic nitrogens is 2. The van der Waals surface area contributed by atoms with Gasteiger partial charge < -0.3 is 4.90 Å². The summed E-state index contributed by atoms with van der Waals surface area (Å²) in [5, 5.41) is 1.28. The Kier molecular flexibility index (Phi) is 6.09. The lowest BCUT2D eigenvalue weighted by molar-refractivity contribution is -0.129. The lowest BCUT2D eigenvalue weighted by Gasteiger charge is -2.31. The minimum absolute atomic E-state index is 0.0892. The molecule has 4 nitrogen and oxygen atoms in total. The van der Waals surface area contributed by atoms with E-state index in [0.29, 0.717) is 27.8 Å². The molecule has 0 N–H and O–H groups in total. The average molecular weight is 410 g/mol. The van der Waals surface area contributed by atoms with Crippen molar-refractivity contribution in [3.63, 3.8) is 0 Å². The Morgan fingerprint density at radius 1 is 1.10 bits per heavy atom. The zero-order valence-electron chi connectivity index (χ0n) is 16.5. The average Bonchev–Trinajstić information content (AvgIpc) is 2.78. The number of nitrogens with zero attached hydrogens (tertiary/aromatic N) is 3. The Balaban J connectivity index is 1.59. The molecule has 29 heavy (non-hydrogen) atoms. The highest BCUT2D eigenvalue weighted by Crippen LogP contribution is 2.30. The van der Waals surface area contributed by atoms with Crippen LogP contribution >= 0.6 is 11.8 Å². The maximum absolute atomic E-state index is 13.9. The normalized spacial score (nSPS) is 14.8. The molecule has 0 bridgehead atoms. The van der Waals surface area contributed by atoms with Crippen molar-refractivity contribution in [2.75, 3.05) is 12.8 Å². The molecule has 1 aliphatic rings. The van der Waals surface area contributed by atoms with Crippen LogP contribution < -0.4 is 0 Å². The van der Waals surface area contributed by atoms with Gasteiger partial charge in [-0.25, -0.2) is 14.4 Å². The number of fused-ring (bicyclic) bond motifs is 1. The van der Waals surface area contributed by atoms with E-state index in [9.17, 15) is 9.18 Å². The maximum atomic E-state index is 13.9. The fraction of sp³-hybridized carbons (Fsp3) is 0.348. The Bertz CT molecular complexity index is 1010. The van der Waals surface area contributed by atoms with E-state index in [1.807, 2.05) is 42.3 Å². The molecular formula is C23H24FN3OS. The Morgan fingerprint density at radius 3 is 2.62 bits per heavy atom. The van der Waals surface area contributed by atoms with E-state index in [4.69, 9.17) is 0 Å². The van der Waals surface area contributed by atoms with Crippen LogP contribution in [-0.4, -0.2) is 39.6 Å². The van der Waals surface area contributed by atoms with Crippen molar-refractivity contribution in [1.82, 2.24) is 14.9 Å². The van der Waals surface area contributed by atoms with Gasteiger partial charge in [-0.15, -0.1) is 0 Å². The Morgan fingerprint density at radius 2 is 1.86 bits per heavy atom. The predicted octanol–water partition coefficient (Wildman–Crippen LogP) is 5.32. The van der Waals surface area contributed by atoms with Gasteiger partial charge in [0.25, 0.3) is 0 Å². The fourth-order valence-electron chi connectivity index (χ4n) is 3.80. The molecule has 0 saturated heterocycles. The van der Waals surface area contributed by atoms with Crippen LogP contribution in [0.15, 0.2) is 53.6 Å². The first-order chi connectivity index (χ1) is 14.1. The monoisotopic (exact) mass is 409 g/mol. The molecule has 1 aromatic heterocycles. The zero-order valence-corrected chi connectivity index (χ0v) is 17.3. The van der Waals surface area contributed by atoms with Gasteiger partial charge in [0.1, 0.15) is 10.8 Å².